The summed E-state index contributed by atoms with van der Waals surface area (Å²) in [4.78, 5) is 15.6. The summed E-state index contributed by atoms with van der Waals surface area (Å²) in [6, 6.07) is 11.3. The van der Waals surface area contributed by atoms with Crippen molar-refractivity contribution in [3.63, 3.8) is 0 Å². The number of amides is 2. The Hall–Kier alpha value is -2.56. The maximum Gasteiger partial charge on any atom is 0.317 e. The van der Waals surface area contributed by atoms with E-state index in [1.54, 1.807) is 12.4 Å². The van der Waals surface area contributed by atoms with Crippen LogP contribution in [-0.2, 0) is 13.0 Å². The third-order valence-electron chi connectivity index (χ3n) is 2.99. The van der Waals surface area contributed by atoms with Crippen LogP contribution in [0.2, 0.25) is 0 Å². The molecule has 0 bridgehead atoms. The number of nitrogens with zero attached hydrogens (tertiary/aromatic N) is 1. The van der Waals surface area contributed by atoms with E-state index in [1.807, 2.05) is 36.4 Å². The summed E-state index contributed by atoms with van der Waals surface area (Å²) in [5, 5.41) is 5.40. The van der Waals surface area contributed by atoms with Crippen molar-refractivity contribution in [2.75, 3.05) is 6.73 Å². The SMILES string of the molecule is CCc1ccccc1OCNC(=O)NCc1cccnc1. The average Bonchev–Trinajstić information content (AvgIpc) is 2.54. The van der Waals surface area contributed by atoms with Gasteiger partial charge in [-0.15, -0.1) is 0 Å². The van der Waals surface area contributed by atoms with Crippen LogP contribution in [0.4, 0.5) is 4.79 Å². The third kappa shape index (κ3) is 4.80. The van der Waals surface area contributed by atoms with E-state index < -0.39 is 0 Å². The molecule has 5 heteroatoms. The van der Waals surface area contributed by atoms with Crippen LogP contribution in [0.3, 0.4) is 0 Å². The second kappa shape index (κ2) is 7.89. The lowest BCUT2D eigenvalue weighted by Crippen LogP contribution is -2.37. The van der Waals surface area contributed by atoms with Crippen LogP contribution >= 0.6 is 0 Å². The van der Waals surface area contributed by atoms with E-state index in [9.17, 15) is 4.79 Å². The number of urea groups is 1. The number of carbonyl (C=O) groups excluding carboxylic acids is 1. The van der Waals surface area contributed by atoms with E-state index in [2.05, 4.69) is 22.5 Å². The molecule has 2 amide bonds. The standard InChI is InChI=1S/C16H19N3O2/c1-2-14-7-3-4-8-15(14)21-12-19-16(20)18-11-13-6-5-9-17-10-13/h3-10H,2,11-12H2,1H3,(H2,18,19,20). The molecule has 0 unspecified atom stereocenters. The van der Waals surface area contributed by atoms with Crippen molar-refractivity contribution in [3.05, 3.63) is 59.9 Å². The summed E-state index contributed by atoms with van der Waals surface area (Å²) < 4.78 is 5.57. The zero-order chi connectivity index (χ0) is 14.9. The van der Waals surface area contributed by atoms with Crippen LogP contribution in [0.1, 0.15) is 18.1 Å². The van der Waals surface area contributed by atoms with Crippen LogP contribution in [0.25, 0.3) is 0 Å². The molecule has 21 heavy (non-hydrogen) atoms. The normalized spacial score (nSPS) is 9.95. The lowest BCUT2D eigenvalue weighted by molar-refractivity contribution is 0.223. The summed E-state index contributed by atoms with van der Waals surface area (Å²) in [7, 11) is 0. The molecule has 5 nitrogen and oxygen atoms in total. The molecule has 0 fully saturated rings. The van der Waals surface area contributed by atoms with Crippen molar-refractivity contribution in [3.8, 4) is 5.75 Å². The van der Waals surface area contributed by atoms with Crippen molar-refractivity contribution < 1.29 is 9.53 Å². The quantitative estimate of drug-likeness (QED) is 0.801. The highest BCUT2D eigenvalue weighted by molar-refractivity contribution is 5.73. The molecule has 0 aliphatic carbocycles. The van der Waals surface area contributed by atoms with E-state index >= 15 is 0 Å². The second-order valence-corrected chi connectivity index (χ2v) is 4.47. The van der Waals surface area contributed by atoms with E-state index in [0.717, 1.165) is 23.3 Å². The second-order valence-electron chi connectivity index (χ2n) is 4.47. The minimum Gasteiger partial charge on any atom is -0.473 e. The van der Waals surface area contributed by atoms with Gasteiger partial charge in [-0.3, -0.25) is 4.98 Å². The van der Waals surface area contributed by atoms with Crippen molar-refractivity contribution in [2.24, 2.45) is 0 Å². The smallest absolute Gasteiger partial charge is 0.317 e. The number of pyridine rings is 1. The number of nitrogens with one attached hydrogen (secondary N) is 2. The van der Waals surface area contributed by atoms with Gasteiger partial charge in [0.25, 0.3) is 0 Å². The Morgan fingerprint density at radius 3 is 2.81 bits per heavy atom. The van der Waals surface area contributed by atoms with Gasteiger partial charge in [-0.25, -0.2) is 4.79 Å². The highest BCUT2D eigenvalue weighted by Crippen LogP contribution is 2.17. The number of rotatable bonds is 6. The van der Waals surface area contributed by atoms with Crippen LogP contribution in [0.5, 0.6) is 5.75 Å². The molecule has 0 saturated heterocycles. The van der Waals surface area contributed by atoms with E-state index in [4.69, 9.17) is 4.74 Å². The molecule has 1 heterocycles. The molecular formula is C16H19N3O2. The number of ether oxygens (including phenoxy) is 1. The lowest BCUT2D eigenvalue weighted by atomic mass is 10.1. The predicted molar refractivity (Wildman–Crippen MR) is 80.9 cm³/mol. The Kier molecular flexibility index (Phi) is 5.58. The van der Waals surface area contributed by atoms with Crippen molar-refractivity contribution >= 4 is 6.03 Å². The average molecular weight is 285 g/mol. The summed E-state index contributed by atoms with van der Waals surface area (Å²) >= 11 is 0. The molecular weight excluding hydrogens is 266 g/mol. The molecule has 0 aliphatic rings. The fourth-order valence-electron chi connectivity index (χ4n) is 1.86. The molecule has 2 rings (SSSR count). The molecule has 0 radical (unpaired) electrons. The van der Waals surface area contributed by atoms with Gasteiger partial charge in [0.2, 0.25) is 0 Å². The number of para-hydroxylation sites is 1. The third-order valence-corrected chi connectivity index (χ3v) is 2.99. The van der Waals surface area contributed by atoms with Crippen molar-refractivity contribution in [1.82, 2.24) is 15.6 Å². The first-order chi connectivity index (χ1) is 10.3. The Balaban J connectivity index is 1.72. The Bertz CT molecular complexity index is 573. The number of carbonyl (C=O) groups is 1. The predicted octanol–water partition coefficient (Wildman–Crippen LogP) is 2.48. The first kappa shape index (κ1) is 14.8. The summed E-state index contributed by atoms with van der Waals surface area (Å²) in [6.45, 7) is 2.64. The zero-order valence-corrected chi connectivity index (χ0v) is 12.0. The first-order valence-corrected chi connectivity index (χ1v) is 6.91. The summed E-state index contributed by atoms with van der Waals surface area (Å²) in [5.41, 5.74) is 2.07. The van der Waals surface area contributed by atoms with Gasteiger partial charge in [0, 0.05) is 18.9 Å². The lowest BCUT2D eigenvalue weighted by Gasteiger charge is -2.11. The van der Waals surface area contributed by atoms with Crippen LogP contribution in [0, 0.1) is 0 Å². The van der Waals surface area contributed by atoms with Gasteiger partial charge in [0.15, 0.2) is 6.73 Å². The van der Waals surface area contributed by atoms with Crippen molar-refractivity contribution in [1.29, 1.82) is 0 Å². The molecule has 1 aromatic carbocycles. The van der Waals surface area contributed by atoms with Crippen LogP contribution < -0.4 is 15.4 Å². The fraction of sp³-hybridized carbons (Fsp3) is 0.250. The van der Waals surface area contributed by atoms with Gasteiger partial charge in [-0.1, -0.05) is 31.2 Å². The summed E-state index contributed by atoms with van der Waals surface area (Å²) in [6.07, 6.45) is 4.31. The number of aromatic nitrogens is 1. The topological polar surface area (TPSA) is 63.2 Å². The van der Waals surface area contributed by atoms with Gasteiger partial charge in [0.1, 0.15) is 5.75 Å². The Morgan fingerprint density at radius 2 is 2.05 bits per heavy atom. The van der Waals surface area contributed by atoms with E-state index in [1.165, 1.54) is 0 Å². The van der Waals surface area contributed by atoms with Gasteiger partial charge in [0.05, 0.1) is 0 Å². The molecule has 0 saturated carbocycles. The van der Waals surface area contributed by atoms with Gasteiger partial charge >= 0.3 is 6.03 Å². The van der Waals surface area contributed by atoms with Crippen molar-refractivity contribution in [2.45, 2.75) is 19.9 Å². The largest absolute Gasteiger partial charge is 0.473 e. The van der Waals surface area contributed by atoms with Crippen LogP contribution in [0.15, 0.2) is 48.8 Å². The zero-order valence-electron chi connectivity index (χ0n) is 12.0. The van der Waals surface area contributed by atoms with Gasteiger partial charge in [-0.2, -0.15) is 0 Å². The van der Waals surface area contributed by atoms with Gasteiger partial charge in [-0.05, 0) is 29.7 Å². The number of benzene rings is 1. The Labute approximate surface area is 124 Å². The molecule has 2 aromatic rings. The molecule has 1 aromatic heterocycles. The molecule has 0 atom stereocenters. The first-order valence-electron chi connectivity index (χ1n) is 6.91. The molecule has 0 aliphatic heterocycles. The number of aryl methyl sites for hydroxylation is 1. The highest BCUT2D eigenvalue weighted by atomic mass is 16.5. The monoisotopic (exact) mass is 285 g/mol. The highest BCUT2D eigenvalue weighted by Gasteiger charge is 2.03. The molecule has 0 spiro atoms. The van der Waals surface area contributed by atoms with Gasteiger partial charge < -0.3 is 15.4 Å². The van der Waals surface area contributed by atoms with E-state index in [-0.39, 0.29) is 12.8 Å². The maximum atomic E-state index is 11.6. The number of hydrogen-bond donors (Lipinski definition) is 2. The summed E-state index contributed by atoms with van der Waals surface area (Å²) in [5.74, 6) is 0.799. The maximum absolute atomic E-state index is 11.6. The number of hydrogen-bond acceptors (Lipinski definition) is 3. The minimum atomic E-state index is -0.271. The molecule has 110 valence electrons. The van der Waals surface area contributed by atoms with E-state index in [0.29, 0.717) is 6.54 Å². The Morgan fingerprint density at radius 1 is 1.19 bits per heavy atom. The van der Waals surface area contributed by atoms with Crippen LogP contribution in [-0.4, -0.2) is 17.7 Å². The fourth-order valence-corrected chi connectivity index (χ4v) is 1.86. The minimum absolute atomic E-state index is 0.135. The molecule has 2 N–H and O–H groups in total.